The van der Waals surface area contributed by atoms with Crippen molar-refractivity contribution in [1.82, 2.24) is 10.2 Å². The lowest BCUT2D eigenvalue weighted by Crippen LogP contribution is -2.56. The third kappa shape index (κ3) is 4.33. The first-order chi connectivity index (χ1) is 9.57. The summed E-state index contributed by atoms with van der Waals surface area (Å²) in [7, 11) is 1.21. The van der Waals surface area contributed by atoms with Crippen LogP contribution in [0.2, 0.25) is 0 Å². The van der Waals surface area contributed by atoms with Crippen LogP contribution >= 0.6 is 15.9 Å². The van der Waals surface area contributed by atoms with Crippen LogP contribution in [-0.2, 0) is 14.3 Å². The molecule has 1 aliphatic rings. The molecule has 0 aliphatic carbocycles. The Morgan fingerprint density at radius 2 is 1.95 bits per heavy atom. The number of ether oxygens (including phenoxy) is 1. The number of amides is 2. The molecule has 3 atom stereocenters. The molecule has 0 radical (unpaired) electrons. The van der Waals surface area contributed by atoms with E-state index in [0.29, 0.717) is 13.0 Å². The van der Waals surface area contributed by atoms with E-state index in [0.717, 1.165) is 0 Å². The van der Waals surface area contributed by atoms with Gasteiger partial charge in [0, 0.05) is 11.4 Å². The molecule has 21 heavy (non-hydrogen) atoms. The Labute approximate surface area is 132 Å². The van der Waals surface area contributed by atoms with Crippen LogP contribution in [0.15, 0.2) is 0 Å². The van der Waals surface area contributed by atoms with Gasteiger partial charge in [-0.05, 0) is 11.8 Å². The fourth-order valence-corrected chi connectivity index (χ4v) is 2.92. The maximum atomic E-state index is 12.7. The van der Waals surface area contributed by atoms with Crippen molar-refractivity contribution in [1.29, 1.82) is 0 Å². The summed E-state index contributed by atoms with van der Waals surface area (Å²) >= 11 is 3.35. The summed E-state index contributed by atoms with van der Waals surface area (Å²) < 4.78 is 4.54. The lowest BCUT2D eigenvalue weighted by molar-refractivity contribution is -0.150. The first kappa shape index (κ1) is 17.7. The van der Waals surface area contributed by atoms with Crippen LogP contribution in [0.5, 0.6) is 0 Å². The van der Waals surface area contributed by atoms with Crippen molar-refractivity contribution in [3.8, 4) is 0 Å². The Balaban J connectivity index is 2.99. The standard InChI is InChI=1S/C13H21BrN2O5/c1-13(2,3)9(15-12(20)21-4)10(17)16-6-7(14)5-8(16)11(18)19/h7-9H,5-6H2,1-4H3,(H,15,20)(H,18,19)/t7?,8-,9?/m0/s1. The number of likely N-dealkylation sites (tertiary alicyclic amines) is 1. The van der Waals surface area contributed by atoms with E-state index in [-0.39, 0.29) is 4.83 Å². The summed E-state index contributed by atoms with van der Waals surface area (Å²) in [6, 6.07) is -1.74. The van der Waals surface area contributed by atoms with Crippen LogP contribution in [0, 0.1) is 5.41 Å². The number of alkyl halides is 1. The molecule has 1 heterocycles. The molecule has 1 rings (SSSR count). The topological polar surface area (TPSA) is 95.9 Å². The molecular formula is C13H21BrN2O5. The number of nitrogens with one attached hydrogen (secondary N) is 1. The van der Waals surface area contributed by atoms with Gasteiger partial charge in [-0.15, -0.1) is 0 Å². The van der Waals surface area contributed by atoms with Gasteiger partial charge >= 0.3 is 12.1 Å². The van der Waals surface area contributed by atoms with Gasteiger partial charge < -0.3 is 20.1 Å². The largest absolute Gasteiger partial charge is 0.480 e. The van der Waals surface area contributed by atoms with Gasteiger partial charge in [-0.2, -0.15) is 0 Å². The minimum absolute atomic E-state index is 0.0682. The second-order valence-corrected chi connectivity index (χ2v) is 7.41. The zero-order valence-corrected chi connectivity index (χ0v) is 14.1. The number of rotatable bonds is 3. The molecule has 0 aromatic rings. The van der Waals surface area contributed by atoms with Crippen LogP contribution < -0.4 is 5.32 Å². The molecule has 0 aromatic carbocycles. The summed E-state index contributed by atoms with van der Waals surface area (Å²) in [5.74, 6) is -1.46. The fourth-order valence-electron chi connectivity index (χ4n) is 2.25. The van der Waals surface area contributed by atoms with Gasteiger partial charge in [0.1, 0.15) is 12.1 Å². The average molecular weight is 365 g/mol. The summed E-state index contributed by atoms with van der Waals surface area (Å²) in [6.45, 7) is 5.68. The molecule has 120 valence electrons. The minimum atomic E-state index is -1.05. The number of nitrogens with zero attached hydrogens (tertiary/aromatic N) is 1. The van der Waals surface area contributed by atoms with Crippen molar-refractivity contribution in [3.05, 3.63) is 0 Å². The van der Waals surface area contributed by atoms with Gasteiger partial charge in [0.25, 0.3) is 0 Å². The highest BCUT2D eigenvalue weighted by molar-refractivity contribution is 9.09. The van der Waals surface area contributed by atoms with Gasteiger partial charge in [0.05, 0.1) is 7.11 Å². The zero-order chi connectivity index (χ0) is 16.4. The van der Waals surface area contributed by atoms with Crippen molar-refractivity contribution in [2.45, 2.75) is 44.1 Å². The Kier molecular flexibility index (Phi) is 5.61. The van der Waals surface area contributed by atoms with E-state index in [2.05, 4.69) is 26.0 Å². The number of hydrogen-bond donors (Lipinski definition) is 2. The Bertz CT molecular complexity index is 435. The molecule has 0 aromatic heterocycles. The van der Waals surface area contributed by atoms with Crippen molar-refractivity contribution in [2.75, 3.05) is 13.7 Å². The number of hydrogen-bond acceptors (Lipinski definition) is 4. The van der Waals surface area contributed by atoms with Crippen LogP contribution in [0.25, 0.3) is 0 Å². The number of aliphatic carboxylic acids is 1. The monoisotopic (exact) mass is 364 g/mol. The minimum Gasteiger partial charge on any atom is -0.480 e. The van der Waals surface area contributed by atoms with E-state index in [1.807, 2.05) is 0 Å². The van der Waals surface area contributed by atoms with E-state index in [1.54, 1.807) is 20.8 Å². The quantitative estimate of drug-likeness (QED) is 0.733. The maximum Gasteiger partial charge on any atom is 0.407 e. The lowest BCUT2D eigenvalue weighted by Gasteiger charge is -2.34. The maximum absolute atomic E-state index is 12.7. The lowest BCUT2D eigenvalue weighted by atomic mass is 9.85. The SMILES string of the molecule is COC(=O)NC(C(=O)N1CC(Br)C[C@H]1C(=O)O)C(C)(C)C. The molecule has 1 aliphatic heterocycles. The number of carbonyl (C=O) groups is 3. The number of halogens is 1. The first-order valence-corrected chi connectivity index (χ1v) is 7.51. The number of carboxylic acid groups (broad SMARTS) is 1. The molecule has 0 spiro atoms. The Hall–Kier alpha value is -1.31. The highest BCUT2D eigenvalue weighted by Crippen LogP contribution is 2.28. The van der Waals surface area contributed by atoms with Gasteiger partial charge in [-0.1, -0.05) is 36.7 Å². The second-order valence-electron chi connectivity index (χ2n) is 6.11. The van der Waals surface area contributed by atoms with E-state index >= 15 is 0 Å². The number of alkyl carbamates (subject to hydrolysis) is 1. The Morgan fingerprint density at radius 1 is 1.38 bits per heavy atom. The van der Waals surface area contributed by atoms with Crippen molar-refractivity contribution in [2.24, 2.45) is 5.41 Å². The smallest absolute Gasteiger partial charge is 0.407 e. The third-order valence-electron chi connectivity index (χ3n) is 3.38. The van der Waals surface area contributed by atoms with E-state index in [9.17, 15) is 19.5 Å². The molecule has 1 fully saturated rings. The van der Waals surface area contributed by atoms with Crippen LogP contribution in [0.3, 0.4) is 0 Å². The first-order valence-electron chi connectivity index (χ1n) is 6.59. The van der Waals surface area contributed by atoms with Crippen molar-refractivity contribution in [3.63, 3.8) is 0 Å². The summed E-state index contributed by atoms with van der Waals surface area (Å²) in [6.07, 6.45) is -0.374. The molecule has 0 saturated carbocycles. The molecule has 8 heteroatoms. The van der Waals surface area contributed by atoms with Crippen LogP contribution in [0.1, 0.15) is 27.2 Å². The molecule has 2 N–H and O–H groups in total. The normalized spacial score (nSPS) is 23.6. The third-order valence-corrected chi connectivity index (χ3v) is 4.04. The summed E-state index contributed by atoms with van der Waals surface area (Å²) in [5.41, 5.74) is -0.571. The number of carboxylic acids is 1. The fraction of sp³-hybridized carbons (Fsp3) is 0.769. The number of carbonyl (C=O) groups excluding carboxylic acids is 2. The average Bonchev–Trinajstić information content (AvgIpc) is 2.75. The Morgan fingerprint density at radius 3 is 2.38 bits per heavy atom. The highest BCUT2D eigenvalue weighted by atomic mass is 79.9. The highest BCUT2D eigenvalue weighted by Gasteiger charge is 2.44. The van der Waals surface area contributed by atoms with Crippen molar-refractivity contribution < 1.29 is 24.2 Å². The van der Waals surface area contributed by atoms with Gasteiger partial charge in [0.15, 0.2) is 0 Å². The molecular weight excluding hydrogens is 344 g/mol. The summed E-state index contributed by atoms with van der Waals surface area (Å²) in [4.78, 5) is 36.6. The van der Waals surface area contributed by atoms with Crippen molar-refractivity contribution >= 4 is 33.9 Å². The molecule has 0 bridgehead atoms. The molecule has 2 amide bonds. The van der Waals surface area contributed by atoms with E-state index in [4.69, 9.17) is 0 Å². The molecule has 7 nitrogen and oxygen atoms in total. The second kappa shape index (κ2) is 6.64. The summed E-state index contributed by atoms with van der Waals surface area (Å²) in [5, 5.41) is 11.7. The van der Waals surface area contributed by atoms with E-state index < -0.39 is 35.5 Å². The molecule has 2 unspecified atom stereocenters. The van der Waals surface area contributed by atoms with Gasteiger partial charge in [-0.25, -0.2) is 9.59 Å². The predicted molar refractivity (Wildman–Crippen MR) is 79.3 cm³/mol. The molecule has 1 saturated heterocycles. The number of methoxy groups -OCH3 is 1. The van der Waals surface area contributed by atoms with Gasteiger partial charge in [-0.3, -0.25) is 4.79 Å². The van der Waals surface area contributed by atoms with E-state index in [1.165, 1.54) is 12.0 Å². The van der Waals surface area contributed by atoms with Crippen LogP contribution in [0.4, 0.5) is 4.79 Å². The zero-order valence-electron chi connectivity index (χ0n) is 12.6. The van der Waals surface area contributed by atoms with Gasteiger partial charge in [0.2, 0.25) is 5.91 Å². The predicted octanol–water partition coefficient (Wildman–Crippen LogP) is 1.21. The van der Waals surface area contributed by atoms with Crippen LogP contribution in [-0.4, -0.2) is 58.5 Å².